The molecule has 4 nitrogen and oxygen atoms in total. The second kappa shape index (κ2) is 9.80. The summed E-state index contributed by atoms with van der Waals surface area (Å²) in [6.07, 6.45) is -1.05. The van der Waals surface area contributed by atoms with E-state index in [1.807, 2.05) is 93.6 Å². The van der Waals surface area contributed by atoms with Crippen LogP contribution in [-0.2, 0) is 9.53 Å². The molecule has 0 radical (unpaired) electrons. The van der Waals surface area contributed by atoms with Crippen LogP contribution in [0.2, 0.25) is 0 Å². The van der Waals surface area contributed by atoms with E-state index in [4.69, 9.17) is 9.47 Å². The third kappa shape index (κ3) is 5.10. The first-order chi connectivity index (χ1) is 16.4. The third-order valence-corrected chi connectivity index (χ3v) is 5.73. The summed E-state index contributed by atoms with van der Waals surface area (Å²) in [6.45, 7) is 6.03. The molecule has 4 heteroatoms. The number of ether oxygens (including phenoxy) is 2. The molecule has 0 saturated carbocycles. The van der Waals surface area contributed by atoms with Gasteiger partial charge in [-0.1, -0.05) is 93.6 Å². The van der Waals surface area contributed by atoms with E-state index in [2.05, 4.69) is 6.07 Å². The molecule has 4 aromatic rings. The number of hydrogen-bond acceptors (Lipinski definition) is 4. The fourth-order valence-corrected chi connectivity index (χ4v) is 4.17. The minimum atomic E-state index is -1.05. The Hall–Kier alpha value is -4.10. The van der Waals surface area contributed by atoms with Gasteiger partial charge in [-0.05, 0) is 46.0 Å². The normalized spacial score (nSPS) is 13.0. The van der Waals surface area contributed by atoms with E-state index in [1.165, 1.54) is 0 Å². The lowest BCUT2D eigenvalue weighted by Gasteiger charge is -2.31. The summed E-state index contributed by atoms with van der Waals surface area (Å²) in [5.74, 6) is 0.290. The second-order valence-corrected chi connectivity index (χ2v) is 9.30. The number of hydrogen-bond donors (Lipinski definition) is 0. The zero-order chi connectivity index (χ0) is 24.1. The SMILES string of the molecule is CC(C)(C)C(C(=O)OC(C#N)c1cccc(Oc2ccccc2)c1)c1cccc2ccccc12. The molecule has 0 saturated heterocycles. The van der Waals surface area contributed by atoms with Crippen LogP contribution in [-0.4, -0.2) is 5.97 Å². The largest absolute Gasteiger partial charge is 0.457 e. The number of rotatable bonds is 6. The summed E-state index contributed by atoms with van der Waals surface area (Å²) < 4.78 is 11.7. The smallest absolute Gasteiger partial charge is 0.315 e. The molecule has 34 heavy (non-hydrogen) atoms. The lowest BCUT2D eigenvalue weighted by molar-refractivity contribution is -0.151. The van der Waals surface area contributed by atoms with Crippen LogP contribution in [0.15, 0.2) is 97.1 Å². The van der Waals surface area contributed by atoms with E-state index in [0.717, 1.165) is 16.3 Å². The van der Waals surface area contributed by atoms with Gasteiger partial charge in [0, 0.05) is 5.56 Å². The number of benzene rings is 4. The quantitative estimate of drug-likeness (QED) is 0.285. The van der Waals surface area contributed by atoms with Crippen molar-refractivity contribution in [3.05, 3.63) is 108 Å². The van der Waals surface area contributed by atoms with Gasteiger partial charge in [-0.2, -0.15) is 5.26 Å². The van der Waals surface area contributed by atoms with Gasteiger partial charge < -0.3 is 9.47 Å². The molecule has 0 N–H and O–H groups in total. The maximum Gasteiger partial charge on any atom is 0.315 e. The van der Waals surface area contributed by atoms with Gasteiger partial charge in [0.1, 0.15) is 17.6 Å². The van der Waals surface area contributed by atoms with Crippen molar-refractivity contribution in [2.45, 2.75) is 32.8 Å². The Bertz CT molecular complexity index is 1330. The standard InChI is InChI=1S/C30H27NO3/c1-30(2,3)28(26-18-10-12-21-11-7-8-17-25(21)26)29(32)34-27(20-31)22-13-9-16-24(19-22)33-23-14-5-4-6-15-23/h4-19,27-28H,1-3H3. The Morgan fingerprint density at radius 2 is 1.47 bits per heavy atom. The number of carbonyl (C=O) groups excluding carboxylic acids is 1. The molecule has 2 atom stereocenters. The predicted molar refractivity (Wildman–Crippen MR) is 134 cm³/mol. The summed E-state index contributed by atoms with van der Waals surface area (Å²) in [6, 6.07) is 32.6. The number of nitrogens with zero attached hydrogens (tertiary/aromatic N) is 1. The fourth-order valence-electron chi connectivity index (χ4n) is 4.17. The average Bonchev–Trinajstić information content (AvgIpc) is 2.83. The van der Waals surface area contributed by atoms with Crippen LogP contribution in [0.3, 0.4) is 0 Å². The van der Waals surface area contributed by atoms with Crippen molar-refractivity contribution in [3.8, 4) is 17.6 Å². The van der Waals surface area contributed by atoms with Crippen LogP contribution < -0.4 is 4.74 Å². The molecule has 0 aromatic heterocycles. The molecular weight excluding hydrogens is 422 g/mol. The average molecular weight is 450 g/mol. The van der Waals surface area contributed by atoms with Crippen LogP contribution in [0.4, 0.5) is 0 Å². The van der Waals surface area contributed by atoms with Crippen molar-refractivity contribution < 1.29 is 14.3 Å². The molecular formula is C30H27NO3. The molecule has 0 spiro atoms. The minimum absolute atomic E-state index is 0.417. The number of nitriles is 1. The third-order valence-electron chi connectivity index (χ3n) is 5.73. The topological polar surface area (TPSA) is 59.3 Å². The molecule has 0 bridgehead atoms. The summed E-state index contributed by atoms with van der Waals surface area (Å²) in [7, 11) is 0. The molecule has 2 unspecified atom stereocenters. The Balaban J connectivity index is 1.62. The molecule has 0 fully saturated rings. The van der Waals surface area contributed by atoms with E-state index in [-0.39, 0.29) is 0 Å². The predicted octanol–water partition coefficient (Wildman–Crippen LogP) is 7.57. The monoisotopic (exact) mass is 449 g/mol. The van der Waals surface area contributed by atoms with Crippen LogP contribution in [0.25, 0.3) is 10.8 Å². The van der Waals surface area contributed by atoms with Crippen molar-refractivity contribution in [2.75, 3.05) is 0 Å². The van der Waals surface area contributed by atoms with Crippen LogP contribution in [0.1, 0.15) is 43.9 Å². The lowest BCUT2D eigenvalue weighted by atomic mass is 9.75. The Kier molecular flexibility index (Phi) is 6.65. The number of esters is 1. The molecule has 0 aliphatic rings. The zero-order valence-corrected chi connectivity index (χ0v) is 19.6. The Morgan fingerprint density at radius 1 is 0.824 bits per heavy atom. The Labute approximate surface area is 200 Å². The maximum atomic E-state index is 13.5. The van der Waals surface area contributed by atoms with Crippen LogP contribution in [0.5, 0.6) is 11.5 Å². The Morgan fingerprint density at radius 3 is 2.21 bits per heavy atom. The van der Waals surface area contributed by atoms with Crippen molar-refractivity contribution in [3.63, 3.8) is 0 Å². The lowest BCUT2D eigenvalue weighted by Crippen LogP contribution is -2.29. The molecule has 4 rings (SSSR count). The zero-order valence-electron chi connectivity index (χ0n) is 19.6. The molecule has 0 aliphatic carbocycles. The van der Waals surface area contributed by atoms with Gasteiger partial charge in [0.2, 0.25) is 6.10 Å². The van der Waals surface area contributed by atoms with Gasteiger partial charge >= 0.3 is 5.97 Å². The first-order valence-corrected chi connectivity index (χ1v) is 11.3. The number of fused-ring (bicyclic) bond motifs is 1. The van der Waals surface area contributed by atoms with Crippen molar-refractivity contribution >= 4 is 16.7 Å². The van der Waals surface area contributed by atoms with Gasteiger partial charge in [-0.15, -0.1) is 0 Å². The molecule has 0 heterocycles. The highest BCUT2D eigenvalue weighted by atomic mass is 16.5. The van der Waals surface area contributed by atoms with E-state index >= 15 is 0 Å². The summed E-state index contributed by atoms with van der Waals surface area (Å²) in [4.78, 5) is 13.5. The molecule has 0 aliphatic heterocycles. The van der Waals surface area contributed by atoms with E-state index < -0.39 is 23.4 Å². The summed E-state index contributed by atoms with van der Waals surface area (Å²) >= 11 is 0. The van der Waals surface area contributed by atoms with Crippen molar-refractivity contribution in [1.29, 1.82) is 5.26 Å². The highest BCUT2D eigenvalue weighted by Gasteiger charge is 2.36. The summed E-state index contributed by atoms with van der Waals surface area (Å²) in [5.41, 5.74) is 1.04. The highest BCUT2D eigenvalue weighted by Crippen LogP contribution is 2.40. The second-order valence-electron chi connectivity index (χ2n) is 9.30. The van der Waals surface area contributed by atoms with Crippen LogP contribution >= 0.6 is 0 Å². The van der Waals surface area contributed by atoms with E-state index in [0.29, 0.717) is 17.1 Å². The van der Waals surface area contributed by atoms with Gasteiger partial charge in [0.25, 0.3) is 0 Å². The molecule has 170 valence electrons. The van der Waals surface area contributed by atoms with E-state index in [9.17, 15) is 10.1 Å². The van der Waals surface area contributed by atoms with Gasteiger partial charge in [-0.25, -0.2) is 0 Å². The summed E-state index contributed by atoms with van der Waals surface area (Å²) in [5, 5.41) is 11.9. The fraction of sp³-hybridized carbons (Fsp3) is 0.200. The van der Waals surface area contributed by atoms with Gasteiger partial charge in [-0.3, -0.25) is 4.79 Å². The number of carbonyl (C=O) groups is 1. The molecule has 4 aromatic carbocycles. The van der Waals surface area contributed by atoms with Gasteiger partial charge in [0.15, 0.2) is 0 Å². The van der Waals surface area contributed by atoms with Crippen molar-refractivity contribution in [1.82, 2.24) is 0 Å². The first kappa shape index (κ1) is 23.1. The maximum absolute atomic E-state index is 13.5. The molecule has 0 amide bonds. The highest BCUT2D eigenvalue weighted by molar-refractivity contribution is 5.91. The van der Waals surface area contributed by atoms with Crippen molar-refractivity contribution in [2.24, 2.45) is 5.41 Å². The van der Waals surface area contributed by atoms with E-state index in [1.54, 1.807) is 24.3 Å². The first-order valence-electron chi connectivity index (χ1n) is 11.3. The minimum Gasteiger partial charge on any atom is -0.457 e. The number of para-hydroxylation sites is 1. The van der Waals surface area contributed by atoms with Gasteiger partial charge in [0.05, 0.1) is 5.92 Å². The van der Waals surface area contributed by atoms with Crippen LogP contribution in [0, 0.1) is 16.7 Å².